The molecule has 0 saturated heterocycles. The van der Waals surface area contributed by atoms with Crippen LogP contribution in [0, 0.1) is 23.7 Å². The van der Waals surface area contributed by atoms with Crippen LogP contribution in [0.1, 0.15) is 75.2 Å². The van der Waals surface area contributed by atoms with Crippen LogP contribution in [0.3, 0.4) is 0 Å². The average molecular weight is 628 g/mol. The molecule has 0 saturated carbocycles. The third kappa shape index (κ3) is 11.0. The van der Waals surface area contributed by atoms with E-state index >= 15 is 0 Å². The van der Waals surface area contributed by atoms with E-state index in [1.807, 2.05) is 20.8 Å². The lowest BCUT2D eigenvalue weighted by Crippen LogP contribution is -2.59. The summed E-state index contributed by atoms with van der Waals surface area (Å²) in [5.74, 6) is -4.54. The number of aliphatic hydroxyl groups is 1. The van der Waals surface area contributed by atoms with Crippen molar-refractivity contribution in [2.75, 3.05) is 34.8 Å². The highest BCUT2D eigenvalue weighted by Gasteiger charge is 2.39. The Hall–Kier alpha value is -3.22. The van der Waals surface area contributed by atoms with Gasteiger partial charge < -0.3 is 35.2 Å². The van der Waals surface area contributed by atoms with Gasteiger partial charge in [-0.15, -0.1) is 0 Å². The van der Waals surface area contributed by atoms with Gasteiger partial charge in [0.05, 0.1) is 13.7 Å². The van der Waals surface area contributed by atoms with Gasteiger partial charge in [-0.1, -0.05) is 68.2 Å². The summed E-state index contributed by atoms with van der Waals surface area (Å²) >= 11 is 0. The van der Waals surface area contributed by atoms with Crippen LogP contribution in [0.15, 0.2) is 0 Å². The minimum Gasteiger partial charge on any atom is -0.467 e. The normalized spacial score (nSPS) is 16.1. The molecule has 0 aromatic heterocycles. The van der Waals surface area contributed by atoms with Crippen LogP contribution in [-0.4, -0.2) is 120 Å². The van der Waals surface area contributed by atoms with Gasteiger partial charge in [-0.05, 0) is 30.6 Å². The first-order valence-electron chi connectivity index (χ1n) is 15.4. The Bertz CT molecular complexity index is 1000. The van der Waals surface area contributed by atoms with Crippen LogP contribution >= 0.6 is 0 Å². The highest BCUT2D eigenvalue weighted by Crippen LogP contribution is 2.19. The number of carbonyl (C=O) groups is 6. The second-order valence-corrected chi connectivity index (χ2v) is 12.5. The van der Waals surface area contributed by atoms with Crippen LogP contribution in [-0.2, 0) is 33.5 Å². The summed E-state index contributed by atoms with van der Waals surface area (Å²) in [6.45, 7) is 15.5. The quantitative estimate of drug-likeness (QED) is 0.201. The number of ether oxygens (including phenoxy) is 1. The maximum absolute atomic E-state index is 13.7. The van der Waals surface area contributed by atoms with E-state index in [9.17, 15) is 33.9 Å². The molecule has 0 aliphatic heterocycles. The Morgan fingerprint density at radius 3 is 1.59 bits per heavy atom. The molecule has 0 spiro atoms. The van der Waals surface area contributed by atoms with Crippen LogP contribution in [0.4, 0.5) is 0 Å². The number of hydrogen-bond acceptors (Lipinski definition) is 8. The van der Waals surface area contributed by atoms with Crippen molar-refractivity contribution >= 4 is 35.5 Å². The number of esters is 1. The van der Waals surface area contributed by atoms with Crippen molar-refractivity contribution < 1.29 is 38.6 Å². The number of methoxy groups -OCH3 is 1. The van der Waals surface area contributed by atoms with Gasteiger partial charge in [0.2, 0.25) is 29.5 Å². The predicted molar refractivity (Wildman–Crippen MR) is 167 cm³/mol. The Labute approximate surface area is 263 Å². The Balaban J connectivity index is 5.90. The minimum atomic E-state index is -1.28. The summed E-state index contributed by atoms with van der Waals surface area (Å²) in [4.78, 5) is 82.0. The van der Waals surface area contributed by atoms with Gasteiger partial charge in [-0.3, -0.25) is 24.0 Å². The molecule has 0 aromatic rings. The van der Waals surface area contributed by atoms with Gasteiger partial charge in [-0.2, -0.15) is 0 Å². The maximum atomic E-state index is 13.7. The van der Waals surface area contributed by atoms with Crippen LogP contribution in [0.2, 0.25) is 0 Å². The molecule has 0 rings (SSSR count). The fourth-order valence-electron chi connectivity index (χ4n) is 4.60. The second-order valence-electron chi connectivity index (χ2n) is 12.5. The Kier molecular flexibility index (Phi) is 17.2. The molecule has 0 aliphatic rings. The van der Waals surface area contributed by atoms with Gasteiger partial charge >= 0.3 is 5.97 Å². The van der Waals surface area contributed by atoms with Crippen molar-refractivity contribution in [2.24, 2.45) is 23.7 Å². The van der Waals surface area contributed by atoms with E-state index in [0.717, 1.165) is 0 Å². The van der Waals surface area contributed by atoms with E-state index in [-0.39, 0.29) is 30.2 Å². The van der Waals surface area contributed by atoms with E-state index in [2.05, 4.69) is 10.6 Å². The van der Waals surface area contributed by atoms with Crippen LogP contribution in [0.25, 0.3) is 0 Å². The molecule has 2 unspecified atom stereocenters. The van der Waals surface area contributed by atoms with Crippen molar-refractivity contribution in [3.05, 3.63) is 0 Å². The van der Waals surface area contributed by atoms with E-state index in [4.69, 9.17) is 4.74 Å². The zero-order valence-corrected chi connectivity index (χ0v) is 29.0. The van der Waals surface area contributed by atoms with Crippen molar-refractivity contribution in [3.8, 4) is 0 Å². The zero-order valence-electron chi connectivity index (χ0n) is 29.0. The monoisotopic (exact) mass is 627 g/mol. The van der Waals surface area contributed by atoms with Gasteiger partial charge in [0.1, 0.15) is 30.3 Å². The molecular formula is C31H57N5O8. The van der Waals surface area contributed by atoms with Gasteiger partial charge in [0.25, 0.3) is 0 Å². The van der Waals surface area contributed by atoms with Crippen molar-refractivity contribution in [2.45, 2.75) is 105 Å². The fourth-order valence-corrected chi connectivity index (χ4v) is 4.60. The average Bonchev–Trinajstić information content (AvgIpc) is 2.98. The molecule has 13 nitrogen and oxygen atoms in total. The van der Waals surface area contributed by atoms with E-state index in [0.29, 0.717) is 12.8 Å². The fraction of sp³-hybridized carbons (Fsp3) is 0.806. The summed E-state index contributed by atoms with van der Waals surface area (Å²) in [5.41, 5.74) is 0. The lowest BCUT2D eigenvalue weighted by atomic mass is 9.94. The lowest BCUT2D eigenvalue weighted by Gasteiger charge is -2.37. The van der Waals surface area contributed by atoms with Gasteiger partial charge in [0, 0.05) is 21.1 Å². The number of rotatable bonds is 17. The van der Waals surface area contributed by atoms with Crippen LogP contribution in [0.5, 0.6) is 0 Å². The number of likely N-dealkylation sites (N-methyl/N-ethyl adjacent to an activating group) is 3. The predicted octanol–water partition coefficient (Wildman–Crippen LogP) is 1.03. The lowest BCUT2D eigenvalue weighted by molar-refractivity contribution is -0.152. The SMILES string of the molecule is CC[C@@H](C)[C@@H](C(=O)N(C)CC(=O)NC(C(=O)N(C)C(C)C(=O)OC)C(C)C)N(C)C(=O)[C@@H](NC(=O)[C@H](O)[C@@H](C)CC)C(C)C. The third-order valence-corrected chi connectivity index (χ3v) is 8.36. The number of carbonyl (C=O) groups excluding carboxylic acids is 6. The molecule has 0 aliphatic carbocycles. The summed E-state index contributed by atoms with van der Waals surface area (Å²) < 4.78 is 4.72. The largest absolute Gasteiger partial charge is 0.467 e. The summed E-state index contributed by atoms with van der Waals surface area (Å²) in [6, 6.07) is -3.75. The highest BCUT2D eigenvalue weighted by molar-refractivity contribution is 5.95. The van der Waals surface area contributed by atoms with E-state index in [1.54, 1.807) is 34.6 Å². The maximum Gasteiger partial charge on any atom is 0.328 e. The number of hydrogen-bond donors (Lipinski definition) is 3. The molecule has 5 amide bonds. The molecule has 0 fully saturated rings. The standard InChI is InChI=1S/C31H57N5O8/c1-14-19(7)25(36(12)29(41)24(18(5)6)33-27(39)26(38)20(8)15-2)30(42)34(10)16-22(37)32-23(17(3)4)28(40)35(11)21(9)31(43)44-13/h17-21,23-26,38H,14-16H2,1-13H3,(H,32,37)(H,33,39)/t19-,20+,21?,23?,24+,25+,26-/m1/s1. The molecular weight excluding hydrogens is 570 g/mol. The van der Waals surface area contributed by atoms with E-state index < -0.39 is 65.8 Å². The molecule has 0 aromatic carbocycles. The summed E-state index contributed by atoms with van der Waals surface area (Å²) in [7, 11) is 5.60. The first-order chi connectivity index (χ1) is 20.3. The first-order valence-corrected chi connectivity index (χ1v) is 15.4. The Morgan fingerprint density at radius 2 is 1.16 bits per heavy atom. The number of nitrogens with one attached hydrogen (secondary N) is 2. The molecule has 0 radical (unpaired) electrons. The summed E-state index contributed by atoms with van der Waals surface area (Å²) in [6.07, 6.45) is -0.149. The molecule has 7 atom stereocenters. The Morgan fingerprint density at radius 1 is 0.705 bits per heavy atom. The third-order valence-electron chi connectivity index (χ3n) is 8.36. The van der Waals surface area contributed by atoms with Crippen molar-refractivity contribution in [3.63, 3.8) is 0 Å². The molecule has 0 bridgehead atoms. The highest BCUT2D eigenvalue weighted by atomic mass is 16.5. The smallest absolute Gasteiger partial charge is 0.328 e. The molecule has 254 valence electrons. The number of aliphatic hydroxyl groups excluding tert-OH is 1. The topological polar surface area (TPSA) is 166 Å². The zero-order chi connectivity index (χ0) is 34.6. The van der Waals surface area contributed by atoms with Gasteiger partial charge in [0.15, 0.2) is 0 Å². The summed E-state index contributed by atoms with van der Waals surface area (Å²) in [5, 5.41) is 15.7. The van der Waals surface area contributed by atoms with Crippen molar-refractivity contribution in [1.82, 2.24) is 25.3 Å². The van der Waals surface area contributed by atoms with Crippen molar-refractivity contribution in [1.29, 1.82) is 0 Å². The minimum absolute atomic E-state index is 0.297. The molecule has 13 heteroatoms. The first kappa shape index (κ1) is 40.8. The molecule has 44 heavy (non-hydrogen) atoms. The van der Waals surface area contributed by atoms with Crippen LogP contribution < -0.4 is 10.6 Å². The number of nitrogens with zero attached hydrogens (tertiary/aromatic N) is 3. The molecule has 3 N–H and O–H groups in total. The second kappa shape index (κ2) is 18.6. The number of amides is 5. The van der Waals surface area contributed by atoms with Gasteiger partial charge in [-0.25, -0.2) is 4.79 Å². The van der Waals surface area contributed by atoms with E-state index in [1.165, 1.54) is 49.9 Å². The molecule has 0 heterocycles.